The van der Waals surface area contributed by atoms with Crippen molar-refractivity contribution in [2.24, 2.45) is 5.92 Å². The predicted molar refractivity (Wildman–Crippen MR) is 65.9 cm³/mol. The van der Waals surface area contributed by atoms with E-state index in [1.165, 1.54) is 25.7 Å². The Hall–Kier alpha value is -1.01. The summed E-state index contributed by atoms with van der Waals surface area (Å²) in [6.45, 7) is 3.06. The van der Waals surface area contributed by atoms with Gasteiger partial charge in [0.2, 0.25) is 5.91 Å². The second kappa shape index (κ2) is 6.55. The summed E-state index contributed by atoms with van der Waals surface area (Å²) < 4.78 is 0. The van der Waals surface area contributed by atoms with Crippen LogP contribution in [0.1, 0.15) is 32.6 Å². The van der Waals surface area contributed by atoms with Gasteiger partial charge in [-0.05, 0) is 25.8 Å². The number of hydrogen-bond donors (Lipinski definition) is 1. The van der Waals surface area contributed by atoms with Crippen LogP contribution in [-0.4, -0.2) is 37.0 Å². The largest absolute Gasteiger partial charge is 0.344 e. The average molecular weight is 222 g/mol. The van der Waals surface area contributed by atoms with Crippen molar-refractivity contribution in [3.05, 3.63) is 0 Å². The minimum Gasteiger partial charge on any atom is -0.344 e. The Morgan fingerprint density at radius 1 is 1.50 bits per heavy atom. The van der Waals surface area contributed by atoms with Crippen LogP contribution in [0.25, 0.3) is 0 Å². The summed E-state index contributed by atoms with van der Waals surface area (Å²) in [5, 5.41) is 2.70. The molecule has 1 amide bonds. The maximum Gasteiger partial charge on any atom is 0.234 e. The molecule has 1 aliphatic carbocycles. The Balaban J connectivity index is 2.35. The Kier molecular flexibility index (Phi) is 5.34. The molecule has 1 aliphatic rings. The number of rotatable bonds is 4. The Morgan fingerprint density at radius 2 is 2.19 bits per heavy atom. The molecule has 3 nitrogen and oxygen atoms in total. The topological polar surface area (TPSA) is 32.3 Å². The Labute approximate surface area is 98.6 Å². The van der Waals surface area contributed by atoms with Crippen molar-refractivity contribution >= 4 is 5.91 Å². The van der Waals surface area contributed by atoms with Gasteiger partial charge in [-0.3, -0.25) is 9.69 Å². The third kappa shape index (κ3) is 3.86. The minimum absolute atomic E-state index is 0.0261. The number of hydrogen-bond acceptors (Lipinski definition) is 2. The van der Waals surface area contributed by atoms with Crippen molar-refractivity contribution in [1.29, 1.82) is 0 Å². The zero-order valence-corrected chi connectivity index (χ0v) is 10.3. The van der Waals surface area contributed by atoms with Gasteiger partial charge in [-0.15, -0.1) is 6.42 Å². The molecule has 3 heteroatoms. The SMILES string of the molecule is C#CCNC(=O)CN(C)C1CCCCC1C. The highest BCUT2D eigenvalue weighted by Crippen LogP contribution is 2.26. The summed E-state index contributed by atoms with van der Waals surface area (Å²) in [7, 11) is 2.03. The normalized spacial score (nSPS) is 25.1. The summed E-state index contributed by atoms with van der Waals surface area (Å²) in [5.74, 6) is 3.13. The highest BCUT2D eigenvalue weighted by Gasteiger charge is 2.25. The highest BCUT2D eigenvalue weighted by atomic mass is 16.2. The van der Waals surface area contributed by atoms with E-state index in [1.807, 2.05) is 7.05 Å². The van der Waals surface area contributed by atoms with Gasteiger partial charge >= 0.3 is 0 Å². The number of nitrogens with zero attached hydrogens (tertiary/aromatic N) is 1. The lowest BCUT2D eigenvalue weighted by atomic mass is 9.85. The summed E-state index contributed by atoms with van der Waals surface area (Å²) in [5.41, 5.74) is 0. The van der Waals surface area contributed by atoms with Crippen LogP contribution in [0.2, 0.25) is 0 Å². The van der Waals surface area contributed by atoms with Gasteiger partial charge in [-0.2, -0.15) is 0 Å². The van der Waals surface area contributed by atoms with Gasteiger partial charge in [0.1, 0.15) is 0 Å². The first-order valence-corrected chi connectivity index (χ1v) is 6.05. The van der Waals surface area contributed by atoms with Crippen molar-refractivity contribution in [3.8, 4) is 12.3 Å². The van der Waals surface area contributed by atoms with Crippen LogP contribution in [0.3, 0.4) is 0 Å². The molecule has 0 aromatic heterocycles. The summed E-state index contributed by atoms with van der Waals surface area (Å²) >= 11 is 0. The molecule has 0 saturated heterocycles. The summed E-state index contributed by atoms with van der Waals surface area (Å²) in [4.78, 5) is 13.7. The summed E-state index contributed by atoms with van der Waals surface area (Å²) in [6.07, 6.45) is 10.2. The molecule has 0 heterocycles. The van der Waals surface area contributed by atoms with E-state index in [1.54, 1.807) is 0 Å². The quantitative estimate of drug-likeness (QED) is 0.726. The van der Waals surface area contributed by atoms with Crippen LogP contribution in [-0.2, 0) is 4.79 Å². The number of carbonyl (C=O) groups is 1. The lowest BCUT2D eigenvalue weighted by Crippen LogP contribution is -2.44. The Bertz CT molecular complexity index is 270. The van der Waals surface area contributed by atoms with Gasteiger partial charge in [0.05, 0.1) is 13.1 Å². The number of terminal acetylenes is 1. The number of amides is 1. The monoisotopic (exact) mass is 222 g/mol. The van der Waals surface area contributed by atoms with Gasteiger partial charge in [0.15, 0.2) is 0 Å². The van der Waals surface area contributed by atoms with E-state index in [-0.39, 0.29) is 5.91 Å². The molecule has 2 unspecified atom stereocenters. The van der Waals surface area contributed by atoms with Crippen LogP contribution in [0.4, 0.5) is 0 Å². The lowest BCUT2D eigenvalue weighted by Gasteiger charge is -2.35. The van der Waals surface area contributed by atoms with Gasteiger partial charge in [-0.1, -0.05) is 25.7 Å². The summed E-state index contributed by atoms with van der Waals surface area (Å²) in [6, 6.07) is 0.547. The zero-order valence-electron chi connectivity index (χ0n) is 10.3. The molecule has 0 aliphatic heterocycles. The molecule has 0 bridgehead atoms. The zero-order chi connectivity index (χ0) is 12.0. The standard InChI is InChI=1S/C13H22N2O/c1-4-9-14-13(16)10-15(3)12-8-6-5-7-11(12)2/h1,11-12H,5-10H2,2-3H3,(H,14,16). The van der Waals surface area contributed by atoms with Crippen LogP contribution >= 0.6 is 0 Å². The van der Waals surface area contributed by atoms with Crippen LogP contribution < -0.4 is 5.32 Å². The highest BCUT2D eigenvalue weighted by molar-refractivity contribution is 5.78. The minimum atomic E-state index is 0.0261. The van der Waals surface area contributed by atoms with Crippen molar-refractivity contribution in [1.82, 2.24) is 10.2 Å². The van der Waals surface area contributed by atoms with Crippen LogP contribution in [0, 0.1) is 18.3 Å². The predicted octanol–water partition coefficient (Wildman–Crippen LogP) is 1.25. The molecule has 1 fully saturated rings. The molecule has 1 N–H and O–H groups in total. The van der Waals surface area contributed by atoms with Crippen LogP contribution in [0.15, 0.2) is 0 Å². The van der Waals surface area contributed by atoms with Gasteiger partial charge < -0.3 is 5.32 Å². The van der Waals surface area contributed by atoms with Crippen molar-refractivity contribution < 1.29 is 4.79 Å². The first-order chi connectivity index (χ1) is 7.65. The maximum absolute atomic E-state index is 11.5. The maximum atomic E-state index is 11.5. The molecule has 16 heavy (non-hydrogen) atoms. The fourth-order valence-electron chi connectivity index (χ4n) is 2.50. The third-order valence-corrected chi connectivity index (χ3v) is 3.41. The molecule has 0 spiro atoms. The Morgan fingerprint density at radius 3 is 2.81 bits per heavy atom. The molecule has 0 aromatic carbocycles. The number of carbonyl (C=O) groups excluding carboxylic acids is 1. The van der Waals surface area contributed by atoms with E-state index >= 15 is 0 Å². The second-order valence-electron chi connectivity index (χ2n) is 4.73. The van der Waals surface area contributed by atoms with Crippen LogP contribution in [0.5, 0.6) is 0 Å². The third-order valence-electron chi connectivity index (χ3n) is 3.41. The smallest absolute Gasteiger partial charge is 0.234 e. The molecule has 1 rings (SSSR count). The van der Waals surface area contributed by atoms with E-state index < -0.39 is 0 Å². The number of likely N-dealkylation sites (N-methyl/N-ethyl adjacent to an activating group) is 1. The van der Waals surface area contributed by atoms with E-state index in [0.29, 0.717) is 25.0 Å². The molecule has 90 valence electrons. The van der Waals surface area contributed by atoms with Gasteiger partial charge in [-0.25, -0.2) is 0 Å². The van der Waals surface area contributed by atoms with E-state index in [4.69, 9.17) is 6.42 Å². The van der Waals surface area contributed by atoms with E-state index in [9.17, 15) is 4.79 Å². The van der Waals surface area contributed by atoms with Crippen molar-refractivity contribution in [2.45, 2.75) is 38.6 Å². The molecule has 0 radical (unpaired) electrons. The van der Waals surface area contributed by atoms with Crippen molar-refractivity contribution in [2.75, 3.05) is 20.1 Å². The average Bonchev–Trinajstić information content (AvgIpc) is 2.26. The lowest BCUT2D eigenvalue weighted by molar-refractivity contribution is -0.122. The molecule has 1 saturated carbocycles. The molecular weight excluding hydrogens is 200 g/mol. The molecular formula is C13H22N2O. The van der Waals surface area contributed by atoms with Gasteiger partial charge in [0, 0.05) is 6.04 Å². The number of nitrogens with one attached hydrogen (secondary N) is 1. The van der Waals surface area contributed by atoms with E-state index in [2.05, 4.69) is 23.1 Å². The second-order valence-corrected chi connectivity index (χ2v) is 4.73. The first kappa shape index (κ1) is 13.1. The molecule has 0 aromatic rings. The molecule has 2 atom stereocenters. The van der Waals surface area contributed by atoms with E-state index in [0.717, 1.165) is 0 Å². The fourth-order valence-corrected chi connectivity index (χ4v) is 2.50. The fraction of sp³-hybridized carbons (Fsp3) is 0.769. The van der Waals surface area contributed by atoms with Crippen molar-refractivity contribution in [3.63, 3.8) is 0 Å². The van der Waals surface area contributed by atoms with Gasteiger partial charge in [0.25, 0.3) is 0 Å². The first-order valence-electron chi connectivity index (χ1n) is 6.05.